The summed E-state index contributed by atoms with van der Waals surface area (Å²) in [7, 11) is 0. The van der Waals surface area contributed by atoms with Gasteiger partial charge in [0.1, 0.15) is 0 Å². The molecular weight excluding hydrogens is 430 g/mol. The third-order valence-corrected chi connectivity index (χ3v) is 6.23. The van der Waals surface area contributed by atoms with Crippen molar-refractivity contribution in [3.63, 3.8) is 0 Å². The van der Waals surface area contributed by atoms with Gasteiger partial charge < -0.3 is 10.6 Å². The summed E-state index contributed by atoms with van der Waals surface area (Å²) < 4.78 is 1.71. The minimum atomic E-state index is -0.218. The molecule has 1 aliphatic carbocycles. The van der Waals surface area contributed by atoms with Crippen LogP contribution in [-0.4, -0.2) is 44.8 Å². The number of nitrogens with zero attached hydrogens (tertiary/aromatic N) is 5. The van der Waals surface area contributed by atoms with E-state index in [0.717, 1.165) is 35.3 Å². The summed E-state index contributed by atoms with van der Waals surface area (Å²) in [6.45, 7) is 3.14. The van der Waals surface area contributed by atoms with Crippen LogP contribution in [0.4, 0.5) is 16.2 Å². The summed E-state index contributed by atoms with van der Waals surface area (Å²) >= 11 is 0. The summed E-state index contributed by atoms with van der Waals surface area (Å²) in [6, 6.07) is 14.7. The largest absolute Gasteiger partial charge is 0.336 e. The van der Waals surface area contributed by atoms with E-state index < -0.39 is 0 Å². The van der Waals surface area contributed by atoms with Crippen molar-refractivity contribution < 1.29 is 9.59 Å². The van der Waals surface area contributed by atoms with Crippen molar-refractivity contribution >= 4 is 34.3 Å². The molecule has 1 saturated carbocycles. The zero-order chi connectivity index (χ0) is 23.2. The van der Waals surface area contributed by atoms with Crippen molar-refractivity contribution in [3.8, 4) is 5.82 Å². The molecule has 3 aromatic heterocycles. The van der Waals surface area contributed by atoms with Crippen molar-refractivity contribution in [2.45, 2.75) is 25.7 Å². The molecule has 1 aromatic carbocycles. The van der Waals surface area contributed by atoms with Gasteiger partial charge in [0.2, 0.25) is 0 Å². The van der Waals surface area contributed by atoms with Crippen LogP contribution in [-0.2, 0) is 0 Å². The van der Waals surface area contributed by atoms with E-state index in [4.69, 9.17) is 4.98 Å². The summed E-state index contributed by atoms with van der Waals surface area (Å²) in [6.07, 6.45) is 3.86. The van der Waals surface area contributed by atoms with Crippen molar-refractivity contribution in [2.75, 3.05) is 23.3 Å². The molecule has 0 atom stereocenters. The molecule has 0 bridgehead atoms. The SMILES string of the molecule is Cc1nn(-c2ccccn2)c2nc(C3CC3)cc(C(=O)Nc3ccc(N4CCNC4=O)cc3)c12. The Morgan fingerprint density at radius 3 is 2.65 bits per heavy atom. The molecule has 0 radical (unpaired) electrons. The van der Waals surface area contributed by atoms with E-state index in [-0.39, 0.29) is 11.9 Å². The number of hydrogen-bond donors (Lipinski definition) is 2. The monoisotopic (exact) mass is 453 g/mol. The first-order valence-corrected chi connectivity index (χ1v) is 11.4. The van der Waals surface area contributed by atoms with Gasteiger partial charge in [0, 0.05) is 42.3 Å². The third kappa shape index (κ3) is 3.55. The van der Waals surface area contributed by atoms with Crippen LogP contribution in [0.15, 0.2) is 54.7 Å². The van der Waals surface area contributed by atoms with Gasteiger partial charge in [-0.3, -0.25) is 9.69 Å². The molecule has 34 heavy (non-hydrogen) atoms. The maximum Gasteiger partial charge on any atom is 0.321 e. The molecular formula is C25H23N7O2. The molecule has 170 valence electrons. The lowest BCUT2D eigenvalue weighted by Gasteiger charge is -2.15. The van der Waals surface area contributed by atoms with Crippen molar-refractivity contribution in [3.05, 3.63) is 71.7 Å². The number of benzene rings is 1. The first kappa shape index (κ1) is 20.3. The van der Waals surface area contributed by atoms with Gasteiger partial charge in [0.05, 0.1) is 16.6 Å². The lowest BCUT2D eigenvalue weighted by atomic mass is 10.1. The molecule has 4 heterocycles. The highest BCUT2D eigenvalue weighted by molar-refractivity contribution is 6.13. The molecule has 3 amide bonds. The average molecular weight is 454 g/mol. The van der Waals surface area contributed by atoms with Gasteiger partial charge in [-0.25, -0.2) is 14.8 Å². The fourth-order valence-electron chi connectivity index (χ4n) is 4.36. The van der Waals surface area contributed by atoms with Gasteiger partial charge in [-0.2, -0.15) is 9.78 Å². The van der Waals surface area contributed by atoms with Crippen LogP contribution in [0.5, 0.6) is 0 Å². The van der Waals surface area contributed by atoms with E-state index in [9.17, 15) is 9.59 Å². The molecule has 6 rings (SSSR count). The quantitative estimate of drug-likeness (QED) is 0.478. The van der Waals surface area contributed by atoms with E-state index in [2.05, 4.69) is 20.7 Å². The number of rotatable bonds is 5. The summed E-state index contributed by atoms with van der Waals surface area (Å²) in [5.74, 6) is 0.813. The Labute approximate surface area is 195 Å². The number of amides is 3. The van der Waals surface area contributed by atoms with Gasteiger partial charge in [0.25, 0.3) is 5.91 Å². The number of aryl methyl sites for hydroxylation is 1. The minimum absolute atomic E-state index is 0.107. The topological polar surface area (TPSA) is 105 Å². The number of urea groups is 1. The summed E-state index contributed by atoms with van der Waals surface area (Å²) in [5.41, 5.74) is 4.26. The first-order valence-electron chi connectivity index (χ1n) is 11.4. The molecule has 2 aliphatic rings. The van der Waals surface area contributed by atoms with E-state index in [1.807, 2.05) is 55.5 Å². The van der Waals surface area contributed by atoms with Gasteiger partial charge in [-0.15, -0.1) is 0 Å². The lowest BCUT2D eigenvalue weighted by molar-refractivity contribution is 0.102. The second-order valence-electron chi connectivity index (χ2n) is 8.64. The molecule has 2 N–H and O–H groups in total. The summed E-state index contributed by atoms with van der Waals surface area (Å²) in [4.78, 5) is 36.3. The maximum atomic E-state index is 13.4. The third-order valence-electron chi connectivity index (χ3n) is 6.23. The number of aromatic nitrogens is 4. The number of carbonyl (C=O) groups excluding carboxylic acids is 2. The van der Waals surface area contributed by atoms with E-state index in [0.29, 0.717) is 41.7 Å². The van der Waals surface area contributed by atoms with E-state index in [1.165, 1.54) is 0 Å². The van der Waals surface area contributed by atoms with E-state index >= 15 is 0 Å². The smallest absolute Gasteiger partial charge is 0.321 e. The van der Waals surface area contributed by atoms with Gasteiger partial charge in [-0.05, 0) is 62.2 Å². The molecule has 9 nitrogen and oxygen atoms in total. The second-order valence-corrected chi connectivity index (χ2v) is 8.64. The minimum Gasteiger partial charge on any atom is -0.336 e. The van der Waals surface area contributed by atoms with Crippen LogP contribution >= 0.6 is 0 Å². The number of fused-ring (bicyclic) bond motifs is 1. The van der Waals surface area contributed by atoms with Gasteiger partial charge >= 0.3 is 6.03 Å². The molecule has 4 aromatic rings. The Morgan fingerprint density at radius 1 is 1.15 bits per heavy atom. The fraction of sp³-hybridized carbons (Fsp3) is 0.240. The summed E-state index contributed by atoms with van der Waals surface area (Å²) in [5, 5.41) is 11.2. The highest BCUT2D eigenvalue weighted by atomic mass is 16.2. The molecule has 0 unspecified atom stereocenters. The number of hydrogen-bond acceptors (Lipinski definition) is 5. The fourth-order valence-corrected chi connectivity index (χ4v) is 4.36. The van der Waals surface area contributed by atoms with Crippen LogP contribution < -0.4 is 15.5 Å². The molecule has 2 fully saturated rings. The van der Waals surface area contributed by atoms with Crippen molar-refractivity contribution in [2.24, 2.45) is 0 Å². The van der Waals surface area contributed by atoms with Gasteiger partial charge in [-0.1, -0.05) is 6.07 Å². The first-order chi connectivity index (χ1) is 16.6. The number of carbonyl (C=O) groups is 2. The predicted molar refractivity (Wildman–Crippen MR) is 129 cm³/mol. The molecule has 9 heteroatoms. The van der Waals surface area contributed by atoms with Crippen molar-refractivity contribution in [1.29, 1.82) is 0 Å². The highest BCUT2D eigenvalue weighted by Gasteiger charge is 2.29. The van der Waals surface area contributed by atoms with Crippen LogP contribution in [0, 0.1) is 6.92 Å². The Kier molecular flexibility index (Phi) is 4.75. The normalized spacial score (nSPS) is 15.6. The van der Waals surface area contributed by atoms with Crippen LogP contribution in [0.1, 0.15) is 40.5 Å². The Morgan fingerprint density at radius 2 is 1.97 bits per heavy atom. The van der Waals surface area contributed by atoms with Crippen LogP contribution in [0.25, 0.3) is 16.9 Å². The zero-order valence-corrected chi connectivity index (χ0v) is 18.7. The standard InChI is InChI=1S/C25H23N7O2/c1-15-22-19(24(33)28-17-7-9-18(10-8-17)31-13-12-27-25(31)34)14-20(16-5-6-16)29-23(22)32(30-15)21-4-2-3-11-26-21/h2-4,7-11,14,16H,5-6,12-13H2,1H3,(H,27,34)(H,28,33). The Bertz CT molecular complexity index is 1410. The second kappa shape index (κ2) is 7.95. The Balaban J connectivity index is 1.36. The van der Waals surface area contributed by atoms with Crippen LogP contribution in [0.2, 0.25) is 0 Å². The molecule has 1 saturated heterocycles. The zero-order valence-electron chi connectivity index (χ0n) is 18.7. The van der Waals surface area contributed by atoms with E-state index in [1.54, 1.807) is 15.8 Å². The maximum absolute atomic E-state index is 13.4. The number of pyridine rings is 2. The Hall–Kier alpha value is -4.27. The van der Waals surface area contributed by atoms with Crippen molar-refractivity contribution in [1.82, 2.24) is 25.1 Å². The highest BCUT2D eigenvalue weighted by Crippen LogP contribution is 2.40. The lowest BCUT2D eigenvalue weighted by Crippen LogP contribution is -2.27. The number of nitrogens with one attached hydrogen (secondary N) is 2. The molecule has 0 spiro atoms. The molecule has 1 aliphatic heterocycles. The van der Waals surface area contributed by atoms with Crippen LogP contribution in [0.3, 0.4) is 0 Å². The average Bonchev–Trinajstić information content (AvgIpc) is 3.54. The predicted octanol–water partition coefficient (Wildman–Crippen LogP) is 3.78. The number of anilines is 2. The van der Waals surface area contributed by atoms with Gasteiger partial charge in [0.15, 0.2) is 11.5 Å².